The third-order valence-electron chi connectivity index (χ3n) is 4.48. The largest absolute Gasteiger partial charge is 0.327 e. The van der Waals surface area contributed by atoms with Gasteiger partial charge in [-0.3, -0.25) is 4.90 Å². The van der Waals surface area contributed by atoms with Gasteiger partial charge in [-0.1, -0.05) is 36.8 Å². The molecule has 2 N–H and O–H groups in total. The Balaban J connectivity index is 1.64. The van der Waals surface area contributed by atoms with Gasteiger partial charge in [-0.25, -0.2) is 0 Å². The number of benzene rings is 1. The van der Waals surface area contributed by atoms with Crippen LogP contribution in [0.15, 0.2) is 30.3 Å². The molecule has 0 radical (unpaired) electrons. The van der Waals surface area contributed by atoms with Gasteiger partial charge in [-0.05, 0) is 30.2 Å². The quantitative estimate of drug-likeness (QED) is 0.844. The highest BCUT2D eigenvalue weighted by atomic mass is 15.2. The summed E-state index contributed by atoms with van der Waals surface area (Å²) in [7, 11) is 0. The Hall–Kier alpha value is -0.860. The number of hydrogen-bond donors (Lipinski definition) is 1. The Bertz CT molecular complexity index is 362. The number of nitrogens with two attached hydrogens (primary N) is 1. The Morgan fingerprint density at radius 2 is 1.94 bits per heavy atom. The summed E-state index contributed by atoms with van der Waals surface area (Å²) in [6.07, 6.45) is 3.96. The lowest BCUT2D eigenvalue weighted by Crippen LogP contribution is -2.38. The van der Waals surface area contributed by atoms with Gasteiger partial charge in [0.25, 0.3) is 0 Å². The van der Waals surface area contributed by atoms with E-state index in [1.807, 2.05) is 0 Å². The zero-order valence-electron chi connectivity index (χ0n) is 10.4. The Morgan fingerprint density at radius 1 is 1.12 bits per heavy atom. The van der Waals surface area contributed by atoms with E-state index in [4.69, 9.17) is 5.73 Å². The summed E-state index contributed by atoms with van der Waals surface area (Å²) in [4.78, 5) is 2.59. The van der Waals surface area contributed by atoms with Crippen LogP contribution in [-0.4, -0.2) is 24.0 Å². The second-order valence-corrected chi connectivity index (χ2v) is 5.70. The monoisotopic (exact) mass is 230 g/mol. The fraction of sp³-hybridized carbons (Fsp3) is 0.600. The van der Waals surface area contributed by atoms with Crippen LogP contribution in [0.2, 0.25) is 0 Å². The predicted molar refractivity (Wildman–Crippen MR) is 70.5 cm³/mol. The molecule has 17 heavy (non-hydrogen) atoms. The van der Waals surface area contributed by atoms with Crippen molar-refractivity contribution in [3.8, 4) is 0 Å². The minimum Gasteiger partial charge on any atom is -0.327 e. The van der Waals surface area contributed by atoms with E-state index in [0.717, 1.165) is 18.4 Å². The smallest absolute Gasteiger partial charge is 0.0233 e. The number of hydrogen-bond acceptors (Lipinski definition) is 2. The van der Waals surface area contributed by atoms with Gasteiger partial charge in [-0.15, -0.1) is 0 Å². The fourth-order valence-electron chi connectivity index (χ4n) is 3.58. The standard InChI is InChI=1S/C15H22N2/c16-15-8-4-7-13-10-17(11-14(13)15)9-12-5-2-1-3-6-12/h1-3,5-6,13-15H,4,7-11,16H2/t13-,14-,15+/m0/s1. The average molecular weight is 230 g/mol. The van der Waals surface area contributed by atoms with Crippen LogP contribution in [0.25, 0.3) is 0 Å². The van der Waals surface area contributed by atoms with E-state index < -0.39 is 0 Å². The first kappa shape index (κ1) is 11.2. The van der Waals surface area contributed by atoms with Crippen LogP contribution >= 0.6 is 0 Å². The Morgan fingerprint density at radius 3 is 2.71 bits per heavy atom. The molecule has 0 unspecified atom stereocenters. The molecular weight excluding hydrogens is 208 g/mol. The van der Waals surface area contributed by atoms with Crippen molar-refractivity contribution in [2.24, 2.45) is 17.6 Å². The van der Waals surface area contributed by atoms with Crippen LogP contribution in [0.3, 0.4) is 0 Å². The third-order valence-corrected chi connectivity index (χ3v) is 4.48. The van der Waals surface area contributed by atoms with Gasteiger partial charge in [-0.2, -0.15) is 0 Å². The molecule has 2 aliphatic rings. The van der Waals surface area contributed by atoms with E-state index in [9.17, 15) is 0 Å². The van der Waals surface area contributed by atoms with Crippen molar-refractivity contribution < 1.29 is 0 Å². The number of fused-ring (bicyclic) bond motifs is 1. The van der Waals surface area contributed by atoms with Crippen molar-refractivity contribution in [2.45, 2.75) is 31.8 Å². The van der Waals surface area contributed by atoms with Crippen LogP contribution in [-0.2, 0) is 6.54 Å². The summed E-state index contributed by atoms with van der Waals surface area (Å²) in [6, 6.07) is 11.2. The van der Waals surface area contributed by atoms with Crippen molar-refractivity contribution in [3.05, 3.63) is 35.9 Å². The van der Waals surface area contributed by atoms with E-state index in [-0.39, 0.29) is 0 Å². The van der Waals surface area contributed by atoms with E-state index in [1.54, 1.807) is 0 Å². The molecule has 2 fully saturated rings. The molecule has 1 aliphatic carbocycles. The summed E-state index contributed by atoms with van der Waals surface area (Å²) in [6.45, 7) is 3.56. The molecule has 1 saturated heterocycles. The summed E-state index contributed by atoms with van der Waals surface area (Å²) < 4.78 is 0. The summed E-state index contributed by atoms with van der Waals surface area (Å²) in [5.74, 6) is 1.62. The molecule has 1 heterocycles. The number of nitrogens with zero attached hydrogens (tertiary/aromatic N) is 1. The van der Waals surface area contributed by atoms with Gasteiger partial charge >= 0.3 is 0 Å². The van der Waals surface area contributed by atoms with Crippen molar-refractivity contribution >= 4 is 0 Å². The second-order valence-electron chi connectivity index (χ2n) is 5.70. The maximum absolute atomic E-state index is 6.25. The maximum atomic E-state index is 6.25. The highest BCUT2D eigenvalue weighted by Gasteiger charge is 2.38. The summed E-state index contributed by atoms with van der Waals surface area (Å²) in [5.41, 5.74) is 7.68. The lowest BCUT2D eigenvalue weighted by atomic mass is 9.78. The van der Waals surface area contributed by atoms with Crippen LogP contribution in [0.5, 0.6) is 0 Å². The van der Waals surface area contributed by atoms with E-state index in [1.165, 1.54) is 37.9 Å². The molecule has 1 saturated carbocycles. The van der Waals surface area contributed by atoms with Gasteiger partial charge in [0.05, 0.1) is 0 Å². The summed E-state index contributed by atoms with van der Waals surface area (Å²) >= 11 is 0. The first-order valence-corrected chi connectivity index (χ1v) is 6.85. The molecule has 2 heteroatoms. The van der Waals surface area contributed by atoms with Crippen LogP contribution in [0.1, 0.15) is 24.8 Å². The van der Waals surface area contributed by atoms with Gasteiger partial charge < -0.3 is 5.73 Å². The Kier molecular flexibility index (Phi) is 3.17. The van der Waals surface area contributed by atoms with E-state index >= 15 is 0 Å². The normalized spacial score (nSPS) is 33.6. The SMILES string of the molecule is N[C@@H]1CCC[C@H]2CN(Cc3ccccc3)C[C@@H]21. The maximum Gasteiger partial charge on any atom is 0.0233 e. The number of likely N-dealkylation sites (tertiary alicyclic amines) is 1. The highest BCUT2D eigenvalue weighted by molar-refractivity contribution is 5.14. The fourth-order valence-corrected chi connectivity index (χ4v) is 3.58. The van der Waals surface area contributed by atoms with Crippen LogP contribution in [0.4, 0.5) is 0 Å². The lowest BCUT2D eigenvalue weighted by molar-refractivity contribution is 0.259. The molecular formula is C15H22N2. The highest BCUT2D eigenvalue weighted by Crippen LogP contribution is 2.35. The Labute approximate surface area is 104 Å². The van der Waals surface area contributed by atoms with Crippen molar-refractivity contribution in [1.29, 1.82) is 0 Å². The number of rotatable bonds is 2. The van der Waals surface area contributed by atoms with Crippen molar-refractivity contribution in [1.82, 2.24) is 4.90 Å². The van der Waals surface area contributed by atoms with E-state index in [0.29, 0.717) is 6.04 Å². The lowest BCUT2D eigenvalue weighted by Gasteiger charge is -2.29. The van der Waals surface area contributed by atoms with Gasteiger partial charge in [0, 0.05) is 25.7 Å². The molecule has 0 amide bonds. The minimum absolute atomic E-state index is 0.453. The molecule has 0 spiro atoms. The molecule has 1 aromatic carbocycles. The first-order chi connectivity index (χ1) is 8.33. The zero-order valence-corrected chi connectivity index (χ0v) is 10.4. The molecule has 0 aromatic heterocycles. The van der Waals surface area contributed by atoms with Gasteiger partial charge in [0.2, 0.25) is 0 Å². The summed E-state index contributed by atoms with van der Waals surface area (Å²) in [5, 5.41) is 0. The van der Waals surface area contributed by atoms with Gasteiger partial charge in [0.1, 0.15) is 0 Å². The van der Waals surface area contributed by atoms with Gasteiger partial charge in [0.15, 0.2) is 0 Å². The molecule has 1 aromatic rings. The molecule has 3 atom stereocenters. The first-order valence-electron chi connectivity index (χ1n) is 6.85. The van der Waals surface area contributed by atoms with Crippen molar-refractivity contribution in [2.75, 3.05) is 13.1 Å². The van der Waals surface area contributed by atoms with Crippen molar-refractivity contribution in [3.63, 3.8) is 0 Å². The average Bonchev–Trinajstić information content (AvgIpc) is 2.74. The molecule has 2 nitrogen and oxygen atoms in total. The molecule has 1 aliphatic heterocycles. The second kappa shape index (κ2) is 4.79. The zero-order chi connectivity index (χ0) is 11.7. The molecule has 3 rings (SSSR count). The van der Waals surface area contributed by atoms with Crippen LogP contribution in [0, 0.1) is 11.8 Å². The van der Waals surface area contributed by atoms with E-state index in [2.05, 4.69) is 35.2 Å². The molecule has 92 valence electrons. The predicted octanol–water partition coefficient (Wildman–Crippen LogP) is 2.25. The minimum atomic E-state index is 0.453. The third kappa shape index (κ3) is 2.38. The topological polar surface area (TPSA) is 29.3 Å². The molecule has 0 bridgehead atoms. The van der Waals surface area contributed by atoms with Crippen LogP contribution < -0.4 is 5.73 Å².